The Kier molecular flexibility index (Phi) is 20.8. The first kappa shape index (κ1) is 65.4. The van der Waals surface area contributed by atoms with Crippen LogP contribution in [0, 0.1) is 23.7 Å². The maximum Gasteiger partial charge on any atom is 0.121 e. The topological polar surface area (TPSA) is 173 Å². The highest BCUT2D eigenvalue weighted by Gasteiger charge is 2.30. The third kappa shape index (κ3) is 14.8. The molecule has 10 aliphatic heterocycles. The summed E-state index contributed by atoms with van der Waals surface area (Å²) >= 11 is 0. The highest BCUT2D eigenvalue weighted by atomic mass is 16.5. The first-order valence-electron chi connectivity index (χ1n) is 33.4. The van der Waals surface area contributed by atoms with Crippen molar-refractivity contribution in [3.63, 3.8) is 0 Å². The summed E-state index contributed by atoms with van der Waals surface area (Å²) in [6.45, 7) is 19.5. The molecule has 0 atom stereocenters. The van der Waals surface area contributed by atoms with Crippen molar-refractivity contribution in [2.45, 2.75) is 51.4 Å². The molecule has 98 heavy (non-hydrogen) atoms. The Balaban J connectivity index is 0.909. The molecule has 0 radical (unpaired) electrons. The minimum atomic E-state index is 0.475. The van der Waals surface area contributed by atoms with Crippen LogP contribution in [0.2, 0.25) is 0 Å². The number of aromatic amines is 2. The normalized spacial score (nSPS) is 19.2. The Morgan fingerprint density at radius 2 is 0.724 bits per heavy atom. The molecule has 12 heterocycles. The molecule has 4 N–H and O–H groups in total. The van der Waals surface area contributed by atoms with Gasteiger partial charge in [-0.1, -0.05) is 54.1 Å². The Hall–Kier alpha value is -11.2. The van der Waals surface area contributed by atoms with Crippen molar-refractivity contribution < 1.29 is 18.9 Å². The number of aliphatic imine (C=N–C) groups is 6. The van der Waals surface area contributed by atoms with E-state index in [0.29, 0.717) is 113 Å². The van der Waals surface area contributed by atoms with E-state index in [1.165, 1.54) is 0 Å². The molecular weight excluding hydrogens is 1220 g/mol. The van der Waals surface area contributed by atoms with Gasteiger partial charge in [-0.3, -0.25) is 0 Å². The van der Waals surface area contributed by atoms with Crippen molar-refractivity contribution in [1.29, 1.82) is 0 Å². The molecule has 0 amide bonds. The van der Waals surface area contributed by atoms with Gasteiger partial charge in [-0.15, -0.1) is 26.3 Å². The van der Waals surface area contributed by atoms with E-state index >= 15 is 0 Å². The van der Waals surface area contributed by atoms with E-state index < -0.39 is 0 Å². The largest absolute Gasteiger partial charge is 0.377 e. The predicted molar refractivity (Wildman–Crippen MR) is 398 cm³/mol. The average Bonchev–Trinajstić information content (AvgIpc) is 1.63. The van der Waals surface area contributed by atoms with Crippen LogP contribution in [0.5, 0.6) is 0 Å². The second-order valence-corrected chi connectivity index (χ2v) is 24.1. The number of nitrogens with one attached hydrogen (secondary N) is 4. The molecule has 0 saturated heterocycles. The van der Waals surface area contributed by atoms with E-state index in [1.54, 1.807) is 24.3 Å². The smallest absolute Gasteiger partial charge is 0.121 e. The maximum absolute atomic E-state index is 5.91. The summed E-state index contributed by atoms with van der Waals surface area (Å²) in [5.74, 6) is 16.1. The third-order valence-electron chi connectivity index (χ3n) is 17.3. The maximum atomic E-state index is 5.91. The van der Waals surface area contributed by atoms with Gasteiger partial charge < -0.3 is 49.3 Å². The molecule has 0 aliphatic carbocycles. The Morgan fingerprint density at radius 1 is 0.388 bits per heavy atom. The second kappa shape index (κ2) is 31.1. The number of hydrogen-bond acceptors (Lipinski definition) is 14. The zero-order chi connectivity index (χ0) is 67.2. The molecule has 1 aromatic carbocycles. The van der Waals surface area contributed by atoms with Crippen LogP contribution in [-0.4, -0.2) is 121 Å². The average molecular weight is 1300 g/mol. The SMILES string of the molecule is C=CCOCCCC1=C2C=CC(=N2)/C(=C2\NC=CN2C)c2ccc([nH]2)C(CCCOCC=C)=C2C=CC(=N2)C(C#Cc2cccc(C#CC3=C4C=CC(=N4)C(CCCOCC=C)=C4C=CC(=N4)/C(=C4\NC=CN4C)c4ccc([nH]4)C(CCCOCC=C)=C4C=CC3=N4)c2)=C2C=CC1=N2. The molecule has 16 bridgehead atoms. The molecule has 16 heteroatoms. The fraction of sp³-hybridized carbons (Fsp3) is 0.220. The van der Waals surface area contributed by atoms with E-state index in [4.69, 9.17) is 48.9 Å². The van der Waals surface area contributed by atoms with Gasteiger partial charge in [0.15, 0.2) is 0 Å². The van der Waals surface area contributed by atoms with Gasteiger partial charge in [0.25, 0.3) is 0 Å². The summed E-state index contributed by atoms with van der Waals surface area (Å²) in [5, 5.41) is 6.97. The van der Waals surface area contributed by atoms with Crippen molar-refractivity contribution in [1.82, 2.24) is 30.4 Å². The van der Waals surface area contributed by atoms with Gasteiger partial charge >= 0.3 is 0 Å². The molecule has 0 spiro atoms. The van der Waals surface area contributed by atoms with Gasteiger partial charge in [-0.05, 0) is 167 Å². The molecule has 0 unspecified atom stereocenters. The van der Waals surface area contributed by atoms with Gasteiger partial charge in [0.2, 0.25) is 0 Å². The lowest BCUT2D eigenvalue weighted by Gasteiger charge is -2.17. The van der Waals surface area contributed by atoms with Crippen LogP contribution in [0.3, 0.4) is 0 Å². The fourth-order valence-electron chi connectivity index (χ4n) is 12.6. The molecule has 16 nitrogen and oxygen atoms in total. The number of fused-ring (bicyclic) bond motifs is 10. The van der Waals surface area contributed by atoms with Crippen LogP contribution >= 0.6 is 0 Å². The summed E-state index contributed by atoms with van der Waals surface area (Å²) in [7, 11) is 4.07. The number of hydrogen-bond donors (Lipinski definition) is 4. The minimum Gasteiger partial charge on any atom is -0.377 e. The van der Waals surface area contributed by atoms with Crippen molar-refractivity contribution in [2.24, 2.45) is 30.0 Å². The highest BCUT2D eigenvalue weighted by Crippen LogP contribution is 2.38. The number of rotatable bonds is 24. The monoisotopic (exact) mass is 1290 g/mol. The zero-order valence-electron chi connectivity index (χ0n) is 55.5. The van der Waals surface area contributed by atoms with E-state index in [2.05, 4.69) is 153 Å². The van der Waals surface area contributed by atoms with Crippen LogP contribution in [0.4, 0.5) is 0 Å². The van der Waals surface area contributed by atoms with Gasteiger partial charge in [-0.25, -0.2) is 30.0 Å². The summed E-state index contributed by atoms with van der Waals surface area (Å²) in [6, 6.07) is 16.6. The van der Waals surface area contributed by atoms with Gasteiger partial charge in [0.05, 0.1) is 129 Å². The van der Waals surface area contributed by atoms with Crippen LogP contribution in [0.1, 0.15) is 85.3 Å². The second-order valence-electron chi connectivity index (χ2n) is 24.1. The zero-order valence-corrected chi connectivity index (χ0v) is 55.5. The van der Waals surface area contributed by atoms with Crippen molar-refractivity contribution in [3.05, 3.63) is 299 Å². The standard InChI is InChI=1S/C82H78N12O4/c1-7-46-95-50-12-18-57-63-26-30-71(85-63)61(72-31-27-64(86-72)58(19-13-51-96-47-8-2)68-35-39-76(90-68)79(75-38-34-67(57)89-75)81-83-42-44-93(81)5)24-22-55-16-11-17-56(54-55)23-25-62-73-32-28-65(87-73)59(20-14-52-97-48-9-3)69-36-40-77(91-69)80(82-84-43-45-94(82)6)78-41-37-70(92-78)60(21-15-53-98-49-10-4)66-29-33-74(62)88-66/h7-11,16-17,26-45,54,83-84,89,91H,1-4,12-15,18-21,46-53H2,5-6H3/b63-57?,65-59?,68-58?,70-60?,72-61?,74-62?,81-79+,82-80+. The van der Waals surface area contributed by atoms with E-state index in [0.717, 1.165) is 150 Å². The highest BCUT2D eigenvalue weighted by molar-refractivity contribution is 6.32. The lowest BCUT2D eigenvalue weighted by atomic mass is 10.0. The van der Waals surface area contributed by atoms with Crippen molar-refractivity contribution in [3.8, 4) is 23.7 Å². The lowest BCUT2D eigenvalue weighted by molar-refractivity contribution is 0.160. The van der Waals surface area contributed by atoms with E-state index in [1.807, 2.05) is 87.5 Å². The number of allylic oxidation sites excluding steroid dienone is 20. The predicted octanol–water partition coefficient (Wildman–Crippen LogP) is 14.3. The molecule has 13 rings (SSSR count). The summed E-state index contributed by atoms with van der Waals surface area (Å²) in [4.78, 5) is 44.2. The molecule has 2 aromatic heterocycles. The van der Waals surface area contributed by atoms with Crippen molar-refractivity contribution in [2.75, 3.05) is 67.0 Å². The number of ether oxygens (including phenoxy) is 4. The molecule has 10 aliphatic rings. The van der Waals surface area contributed by atoms with Crippen LogP contribution in [0.25, 0.3) is 22.3 Å². The number of aromatic nitrogens is 2. The van der Waals surface area contributed by atoms with E-state index in [-0.39, 0.29) is 0 Å². The van der Waals surface area contributed by atoms with Gasteiger partial charge in [0, 0.05) is 110 Å². The first-order valence-corrected chi connectivity index (χ1v) is 33.4. The molecule has 490 valence electrons. The summed E-state index contributed by atoms with van der Waals surface area (Å²) in [6.07, 6.45) is 45.6. The quantitative estimate of drug-likeness (QED) is 0.0390. The molecule has 0 fully saturated rings. The van der Waals surface area contributed by atoms with Crippen LogP contribution in [0.15, 0.2) is 295 Å². The van der Waals surface area contributed by atoms with Gasteiger partial charge in [0.1, 0.15) is 11.6 Å². The first-order chi connectivity index (χ1) is 48.2. The molecule has 0 saturated carbocycles. The lowest BCUT2D eigenvalue weighted by Crippen LogP contribution is -2.19. The molecule has 3 aromatic rings. The Labute approximate surface area is 573 Å². The van der Waals surface area contributed by atoms with Crippen molar-refractivity contribution >= 4 is 56.6 Å². The Morgan fingerprint density at radius 3 is 1.11 bits per heavy atom. The van der Waals surface area contributed by atoms with Crippen LogP contribution in [-0.2, 0) is 18.9 Å². The minimum absolute atomic E-state index is 0.475. The number of H-pyrrole nitrogens is 2. The Bertz CT molecular complexity index is 4400. The van der Waals surface area contributed by atoms with E-state index in [9.17, 15) is 0 Å². The fourth-order valence-corrected chi connectivity index (χ4v) is 12.6. The van der Waals surface area contributed by atoms with Crippen LogP contribution < -0.4 is 10.6 Å². The number of nitrogens with zero attached hydrogens (tertiary/aromatic N) is 8. The summed E-state index contributed by atoms with van der Waals surface area (Å²) < 4.78 is 23.6. The number of benzene rings is 1. The van der Waals surface area contributed by atoms with Gasteiger partial charge in [-0.2, -0.15) is 0 Å². The summed E-state index contributed by atoms with van der Waals surface area (Å²) in [5.41, 5.74) is 22.0. The molecular formula is C82H78N12O4. The third-order valence-corrected chi connectivity index (χ3v) is 17.3.